The number of nitro benzene ring substituents is 1. The number of carbonyl (C=O) groups excluding carboxylic acids is 2. The summed E-state index contributed by atoms with van der Waals surface area (Å²) in [5.74, 6) is -0.727. The van der Waals surface area contributed by atoms with Crippen molar-refractivity contribution in [3.8, 4) is 0 Å². The van der Waals surface area contributed by atoms with Crippen molar-refractivity contribution in [2.45, 2.75) is 46.1 Å². The summed E-state index contributed by atoms with van der Waals surface area (Å²) in [5, 5.41) is 10.7. The maximum Gasteiger partial charge on any atom is 0.306 e. The van der Waals surface area contributed by atoms with Gasteiger partial charge in [0.25, 0.3) is 5.69 Å². The van der Waals surface area contributed by atoms with E-state index in [-0.39, 0.29) is 31.1 Å². The van der Waals surface area contributed by atoms with Crippen LogP contribution in [0.25, 0.3) is 0 Å². The zero-order valence-electron chi connectivity index (χ0n) is 13.4. The van der Waals surface area contributed by atoms with Crippen LogP contribution in [0.3, 0.4) is 0 Å². The Labute approximate surface area is 134 Å². The van der Waals surface area contributed by atoms with Gasteiger partial charge in [0, 0.05) is 24.5 Å². The van der Waals surface area contributed by atoms with Crippen molar-refractivity contribution in [2.75, 3.05) is 6.61 Å². The number of nitro groups is 1. The molecule has 0 aliphatic carbocycles. The number of hydrogen-bond donors (Lipinski definition) is 0. The van der Waals surface area contributed by atoms with Crippen molar-refractivity contribution in [2.24, 2.45) is 0 Å². The molecule has 7 nitrogen and oxygen atoms in total. The van der Waals surface area contributed by atoms with Gasteiger partial charge in [-0.15, -0.1) is 0 Å². The molecule has 0 fully saturated rings. The maximum absolute atomic E-state index is 11.6. The van der Waals surface area contributed by atoms with E-state index in [9.17, 15) is 19.7 Å². The van der Waals surface area contributed by atoms with Gasteiger partial charge >= 0.3 is 11.9 Å². The average Bonchev–Trinajstić information content (AvgIpc) is 2.50. The van der Waals surface area contributed by atoms with Crippen LogP contribution >= 0.6 is 0 Å². The molecule has 0 aliphatic rings. The molecule has 0 N–H and O–H groups in total. The number of hydrogen-bond acceptors (Lipinski definition) is 6. The first-order chi connectivity index (χ1) is 10.9. The van der Waals surface area contributed by atoms with Gasteiger partial charge in [-0.25, -0.2) is 0 Å². The highest BCUT2D eigenvalue weighted by Crippen LogP contribution is 2.19. The first-order valence-corrected chi connectivity index (χ1v) is 7.49. The molecule has 23 heavy (non-hydrogen) atoms. The van der Waals surface area contributed by atoms with Crippen LogP contribution in [-0.2, 0) is 25.7 Å². The lowest BCUT2D eigenvalue weighted by molar-refractivity contribution is -0.385. The van der Waals surface area contributed by atoms with Crippen LogP contribution in [0.4, 0.5) is 5.69 Å². The average molecular weight is 323 g/mol. The highest BCUT2D eigenvalue weighted by Gasteiger charge is 2.11. The Morgan fingerprint density at radius 1 is 1.17 bits per heavy atom. The molecule has 0 unspecified atom stereocenters. The highest BCUT2D eigenvalue weighted by molar-refractivity contribution is 5.72. The van der Waals surface area contributed by atoms with Crippen molar-refractivity contribution in [3.05, 3.63) is 39.4 Å². The van der Waals surface area contributed by atoms with Gasteiger partial charge in [-0.2, -0.15) is 0 Å². The molecule has 126 valence electrons. The van der Waals surface area contributed by atoms with E-state index in [1.165, 1.54) is 6.07 Å². The third-order valence-electron chi connectivity index (χ3n) is 3.09. The molecule has 0 spiro atoms. The lowest BCUT2D eigenvalue weighted by Gasteiger charge is -2.06. The number of aryl methyl sites for hydroxylation is 1. The van der Waals surface area contributed by atoms with Gasteiger partial charge in [0.15, 0.2) is 0 Å². The molecule has 0 aromatic heterocycles. The van der Waals surface area contributed by atoms with Crippen LogP contribution in [0.15, 0.2) is 18.2 Å². The lowest BCUT2D eigenvalue weighted by atomic mass is 10.1. The highest BCUT2D eigenvalue weighted by atomic mass is 16.6. The molecule has 1 aromatic rings. The lowest BCUT2D eigenvalue weighted by Crippen LogP contribution is -2.08. The smallest absolute Gasteiger partial charge is 0.306 e. The van der Waals surface area contributed by atoms with Gasteiger partial charge < -0.3 is 9.47 Å². The summed E-state index contributed by atoms with van der Waals surface area (Å²) in [4.78, 5) is 33.1. The van der Waals surface area contributed by atoms with E-state index in [2.05, 4.69) is 0 Å². The Kier molecular flexibility index (Phi) is 7.73. The number of nitrogens with zero attached hydrogens (tertiary/aromatic N) is 1. The summed E-state index contributed by atoms with van der Waals surface area (Å²) in [6, 6.07) is 4.57. The molecule has 0 saturated carbocycles. The molecule has 0 radical (unpaired) electrons. The SMILES string of the molecule is CCCOC(=O)CCCC(=O)OCc1ccc([N+](=O)[O-])c(C)c1. The zero-order valence-corrected chi connectivity index (χ0v) is 13.4. The Morgan fingerprint density at radius 2 is 1.83 bits per heavy atom. The first kappa shape index (κ1) is 18.6. The van der Waals surface area contributed by atoms with E-state index in [0.717, 1.165) is 6.42 Å². The van der Waals surface area contributed by atoms with Crippen LogP contribution in [0.5, 0.6) is 0 Å². The zero-order chi connectivity index (χ0) is 17.2. The molecular weight excluding hydrogens is 302 g/mol. The van der Waals surface area contributed by atoms with Crippen molar-refractivity contribution < 1.29 is 24.0 Å². The standard InChI is InChI=1S/C16H21NO6/c1-3-9-22-15(18)5-4-6-16(19)23-11-13-7-8-14(17(20)21)12(2)10-13/h7-8,10H,3-6,9,11H2,1-2H3. The molecule has 1 rings (SSSR count). The topological polar surface area (TPSA) is 95.7 Å². The van der Waals surface area contributed by atoms with Gasteiger partial charge in [-0.05, 0) is 37.5 Å². The first-order valence-electron chi connectivity index (χ1n) is 7.49. The quantitative estimate of drug-likeness (QED) is 0.394. The second kappa shape index (κ2) is 9.55. The van der Waals surface area contributed by atoms with E-state index in [4.69, 9.17) is 9.47 Å². The molecule has 0 aliphatic heterocycles. The summed E-state index contributed by atoms with van der Waals surface area (Å²) in [7, 11) is 0. The summed E-state index contributed by atoms with van der Waals surface area (Å²) >= 11 is 0. The summed E-state index contributed by atoms with van der Waals surface area (Å²) < 4.78 is 9.99. The minimum Gasteiger partial charge on any atom is -0.466 e. The van der Waals surface area contributed by atoms with Crippen LogP contribution in [0, 0.1) is 17.0 Å². The summed E-state index contributed by atoms with van der Waals surface area (Å²) in [5.41, 5.74) is 1.23. The van der Waals surface area contributed by atoms with Crippen LogP contribution in [0.2, 0.25) is 0 Å². The third kappa shape index (κ3) is 6.90. The molecule has 0 atom stereocenters. The van der Waals surface area contributed by atoms with Gasteiger partial charge in [-0.3, -0.25) is 19.7 Å². The number of benzene rings is 1. The molecule has 7 heteroatoms. The van der Waals surface area contributed by atoms with Gasteiger partial charge in [-0.1, -0.05) is 6.92 Å². The van der Waals surface area contributed by atoms with Crippen molar-refractivity contribution in [1.82, 2.24) is 0 Å². The van der Waals surface area contributed by atoms with E-state index in [1.54, 1.807) is 19.1 Å². The fourth-order valence-electron chi connectivity index (χ4n) is 1.91. The van der Waals surface area contributed by atoms with Crippen LogP contribution in [0.1, 0.15) is 43.7 Å². The Balaban J connectivity index is 2.32. The summed E-state index contributed by atoms with van der Waals surface area (Å²) in [6.45, 7) is 3.98. The molecule has 0 saturated heterocycles. The minimum absolute atomic E-state index is 0.0330. The van der Waals surface area contributed by atoms with Crippen molar-refractivity contribution in [1.29, 1.82) is 0 Å². The summed E-state index contributed by atoms with van der Waals surface area (Å²) in [6.07, 6.45) is 1.46. The van der Waals surface area contributed by atoms with Crippen molar-refractivity contribution >= 4 is 17.6 Å². The normalized spacial score (nSPS) is 10.2. The Morgan fingerprint density at radius 3 is 2.39 bits per heavy atom. The number of carbonyl (C=O) groups is 2. The molecule has 0 heterocycles. The van der Waals surface area contributed by atoms with Crippen molar-refractivity contribution in [3.63, 3.8) is 0 Å². The predicted octanol–water partition coefficient (Wildman–Crippen LogP) is 3.07. The maximum atomic E-state index is 11.6. The van der Waals surface area contributed by atoms with E-state index >= 15 is 0 Å². The largest absolute Gasteiger partial charge is 0.466 e. The van der Waals surface area contributed by atoms with E-state index in [0.29, 0.717) is 24.2 Å². The number of rotatable bonds is 9. The molecule has 0 bridgehead atoms. The Hall–Kier alpha value is -2.44. The second-order valence-corrected chi connectivity index (χ2v) is 5.11. The fraction of sp³-hybridized carbons (Fsp3) is 0.500. The second-order valence-electron chi connectivity index (χ2n) is 5.11. The molecule has 1 aromatic carbocycles. The van der Waals surface area contributed by atoms with Gasteiger partial charge in [0.05, 0.1) is 11.5 Å². The minimum atomic E-state index is -0.456. The van der Waals surface area contributed by atoms with Crippen LogP contribution < -0.4 is 0 Å². The number of ether oxygens (including phenoxy) is 2. The van der Waals surface area contributed by atoms with Gasteiger partial charge in [0.2, 0.25) is 0 Å². The predicted molar refractivity (Wildman–Crippen MR) is 82.7 cm³/mol. The fourth-order valence-corrected chi connectivity index (χ4v) is 1.91. The third-order valence-corrected chi connectivity index (χ3v) is 3.09. The molecular formula is C16H21NO6. The van der Waals surface area contributed by atoms with Gasteiger partial charge in [0.1, 0.15) is 6.61 Å². The monoisotopic (exact) mass is 323 g/mol. The molecule has 0 amide bonds. The number of esters is 2. The van der Waals surface area contributed by atoms with E-state index < -0.39 is 10.9 Å². The Bertz CT molecular complexity index is 570. The van der Waals surface area contributed by atoms with Crippen LogP contribution in [-0.4, -0.2) is 23.5 Å². The van der Waals surface area contributed by atoms with E-state index in [1.807, 2.05) is 6.92 Å².